The Balaban J connectivity index is 1.43. The van der Waals surface area contributed by atoms with Gasteiger partial charge in [0.25, 0.3) is 0 Å². The van der Waals surface area contributed by atoms with Crippen LogP contribution in [0.15, 0.2) is 84.9 Å². The normalized spacial score (nSPS) is 16.9. The highest BCUT2D eigenvalue weighted by molar-refractivity contribution is 5.70. The fraction of sp³-hybridized carbons (Fsp3) is 0.367. The average molecular weight is 443 g/mol. The Morgan fingerprint density at radius 3 is 1.85 bits per heavy atom. The first-order valence-electron chi connectivity index (χ1n) is 12.1. The molecule has 3 aromatic carbocycles. The summed E-state index contributed by atoms with van der Waals surface area (Å²) in [5, 5.41) is 9.46. The minimum Gasteiger partial charge on any atom is -0.490 e. The van der Waals surface area contributed by atoms with Crippen molar-refractivity contribution in [2.75, 3.05) is 0 Å². The maximum Gasteiger partial charge on any atom is 0.307 e. The van der Waals surface area contributed by atoms with E-state index in [4.69, 9.17) is 4.74 Å². The van der Waals surface area contributed by atoms with Gasteiger partial charge in [-0.1, -0.05) is 86.6 Å². The molecule has 1 aliphatic carbocycles. The maximum atomic E-state index is 11.5. The monoisotopic (exact) mass is 442 g/mol. The van der Waals surface area contributed by atoms with Gasteiger partial charge in [-0.05, 0) is 66.8 Å². The minimum absolute atomic E-state index is 0.0366. The third-order valence-electron chi connectivity index (χ3n) is 7.24. The van der Waals surface area contributed by atoms with E-state index in [-0.39, 0.29) is 23.4 Å². The van der Waals surface area contributed by atoms with E-state index in [2.05, 4.69) is 60.7 Å². The molecule has 0 heterocycles. The van der Waals surface area contributed by atoms with Crippen LogP contribution in [0.1, 0.15) is 56.2 Å². The number of aliphatic carboxylic acids is 1. The van der Waals surface area contributed by atoms with Crippen LogP contribution in [-0.4, -0.2) is 17.2 Å². The first-order chi connectivity index (χ1) is 16.0. The van der Waals surface area contributed by atoms with Gasteiger partial charge in [-0.15, -0.1) is 0 Å². The van der Waals surface area contributed by atoms with Gasteiger partial charge in [-0.25, -0.2) is 0 Å². The molecule has 3 nitrogen and oxygen atoms in total. The van der Waals surface area contributed by atoms with E-state index in [9.17, 15) is 9.90 Å². The molecular weight excluding hydrogens is 408 g/mol. The molecule has 4 rings (SSSR count). The predicted molar refractivity (Wildman–Crippen MR) is 133 cm³/mol. The second kappa shape index (κ2) is 10.2. The van der Waals surface area contributed by atoms with Crippen molar-refractivity contribution in [3.63, 3.8) is 0 Å². The van der Waals surface area contributed by atoms with Gasteiger partial charge in [-0.2, -0.15) is 0 Å². The van der Waals surface area contributed by atoms with Gasteiger partial charge >= 0.3 is 5.97 Å². The molecule has 0 saturated heterocycles. The van der Waals surface area contributed by atoms with Gasteiger partial charge in [-0.3, -0.25) is 4.79 Å². The van der Waals surface area contributed by atoms with Crippen LogP contribution in [0.3, 0.4) is 0 Å². The quantitative estimate of drug-likeness (QED) is 0.413. The molecule has 1 aliphatic rings. The molecule has 3 aromatic rings. The number of hydrogen-bond donors (Lipinski definition) is 1. The summed E-state index contributed by atoms with van der Waals surface area (Å²) in [4.78, 5) is 11.5. The Kier molecular flexibility index (Phi) is 7.17. The van der Waals surface area contributed by atoms with Gasteiger partial charge in [0.15, 0.2) is 0 Å². The highest BCUT2D eigenvalue weighted by atomic mass is 16.5. The SMILES string of the molecule is CC(C)C(Cc1ccc(OC2CCC(c3ccccc3)(c3ccccc3)CC2)cc1)C(=O)O. The smallest absolute Gasteiger partial charge is 0.307 e. The van der Waals surface area contributed by atoms with Crippen LogP contribution < -0.4 is 4.74 Å². The highest BCUT2D eigenvalue weighted by Gasteiger charge is 2.38. The van der Waals surface area contributed by atoms with Crippen LogP contribution in [0, 0.1) is 11.8 Å². The van der Waals surface area contributed by atoms with Crippen molar-refractivity contribution in [3.8, 4) is 5.75 Å². The number of carbonyl (C=O) groups is 1. The highest BCUT2D eigenvalue weighted by Crippen LogP contribution is 2.45. The molecule has 0 aromatic heterocycles. The molecule has 0 amide bonds. The molecule has 0 spiro atoms. The summed E-state index contributed by atoms with van der Waals surface area (Å²) in [5.74, 6) is -0.116. The number of ether oxygens (including phenoxy) is 1. The van der Waals surface area contributed by atoms with Crippen molar-refractivity contribution in [1.29, 1.82) is 0 Å². The third kappa shape index (κ3) is 5.30. The zero-order valence-corrected chi connectivity index (χ0v) is 19.6. The first kappa shape index (κ1) is 23.1. The van der Waals surface area contributed by atoms with Crippen molar-refractivity contribution < 1.29 is 14.6 Å². The van der Waals surface area contributed by atoms with Gasteiger partial charge in [0.1, 0.15) is 5.75 Å². The van der Waals surface area contributed by atoms with Crippen molar-refractivity contribution in [2.24, 2.45) is 11.8 Å². The molecule has 0 radical (unpaired) electrons. The Morgan fingerprint density at radius 1 is 0.879 bits per heavy atom. The molecule has 1 atom stereocenters. The zero-order chi connectivity index (χ0) is 23.3. The molecule has 1 N–H and O–H groups in total. The molecule has 0 bridgehead atoms. The van der Waals surface area contributed by atoms with Crippen LogP contribution in [0.5, 0.6) is 5.75 Å². The second-order valence-electron chi connectivity index (χ2n) is 9.67. The van der Waals surface area contributed by atoms with Crippen molar-refractivity contribution in [2.45, 2.75) is 57.5 Å². The number of rotatable bonds is 8. The summed E-state index contributed by atoms with van der Waals surface area (Å²) < 4.78 is 6.36. The molecule has 1 unspecified atom stereocenters. The van der Waals surface area contributed by atoms with Crippen LogP contribution in [0.2, 0.25) is 0 Å². The van der Waals surface area contributed by atoms with E-state index in [0.717, 1.165) is 37.0 Å². The molecule has 0 aliphatic heterocycles. The summed E-state index contributed by atoms with van der Waals surface area (Å²) in [6, 6.07) is 29.7. The molecule has 172 valence electrons. The Labute approximate surface area is 197 Å². The van der Waals surface area contributed by atoms with E-state index < -0.39 is 5.97 Å². The Hall–Kier alpha value is -3.07. The number of hydrogen-bond acceptors (Lipinski definition) is 2. The molecule has 1 fully saturated rings. The lowest BCUT2D eigenvalue weighted by atomic mass is 9.65. The lowest BCUT2D eigenvalue weighted by Crippen LogP contribution is -2.36. The summed E-state index contributed by atoms with van der Waals surface area (Å²) >= 11 is 0. The largest absolute Gasteiger partial charge is 0.490 e. The van der Waals surface area contributed by atoms with Crippen molar-refractivity contribution in [1.82, 2.24) is 0 Å². The topological polar surface area (TPSA) is 46.5 Å². The fourth-order valence-electron chi connectivity index (χ4n) is 5.22. The zero-order valence-electron chi connectivity index (χ0n) is 19.6. The van der Waals surface area contributed by atoms with Crippen LogP contribution in [0.4, 0.5) is 0 Å². The average Bonchev–Trinajstić information content (AvgIpc) is 2.85. The first-order valence-corrected chi connectivity index (χ1v) is 12.1. The lowest BCUT2D eigenvalue weighted by Gasteiger charge is -2.41. The summed E-state index contributed by atoms with van der Waals surface area (Å²) in [7, 11) is 0. The molecular formula is C30H34O3. The van der Waals surface area contributed by atoms with E-state index >= 15 is 0 Å². The van der Waals surface area contributed by atoms with E-state index in [1.807, 2.05) is 38.1 Å². The van der Waals surface area contributed by atoms with Crippen molar-refractivity contribution >= 4 is 5.97 Å². The van der Waals surface area contributed by atoms with E-state index in [0.29, 0.717) is 6.42 Å². The maximum absolute atomic E-state index is 11.5. The molecule has 3 heteroatoms. The summed E-state index contributed by atoms with van der Waals surface area (Å²) in [5.41, 5.74) is 3.85. The van der Waals surface area contributed by atoms with Crippen LogP contribution in [-0.2, 0) is 16.6 Å². The lowest BCUT2D eigenvalue weighted by molar-refractivity contribution is -0.143. The Bertz CT molecular complexity index is 976. The van der Waals surface area contributed by atoms with Gasteiger partial charge in [0.2, 0.25) is 0 Å². The van der Waals surface area contributed by atoms with Gasteiger partial charge in [0, 0.05) is 5.41 Å². The van der Waals surface area contributed by atoms with Crippen LogP contribution in [0.25, 0.3) is 0 Å². The summed E-state index contributed by atoms with van der Waals surface area (Å²) in [6.45, 7) is 3.93. The number of benzene rings is 3. The molecule has 33 heavy (non-hydrogen) atoms. The van der Waals surface area contributed by atoms with Gasteiger partial charge in [0.05, 0.1) is 12.0 Å². The second-order valence-corrected chi connectivity index (χ2v) is 9.67. The van der Waals surface area contributed by atoms with Crippen LogP contribution >= 0.6 is 0 Å². The predicted octanol–water partition coefficient (Wildman–Crippen LogP) is 6.89. The van der Waals surface area contributed by atoms with E-state index in [1.165, 1.54) is 11.1 Å². The molecule has 1 saturated carbocycles. The number of carboxylic acids is 1. The fourth-order valence-corrected chi connectivity index (χ4v) is 5.22. The van der Waals surface area contributed by atoms with Gasteiger partial charge < -0.3 is 9.84 Å². The summed E-state index contributed by atoms with van der Waals surface area (Å²) in [6.07, 6.45) is 4.85. The minimum atomic E-state index is -0.729. The number of carboxylic acid groups (broad SMARTS) is 1. The Morgan fingerprint density at radius 2 is 1.39 bits per heavy atom. The van der Waals surface area contributed by atoms with E-state index in [1.54, 1.807) is 0 Å². The standard InChI is InChI=1S/C30H34O3/c1-22(2)28(29(31)32)21-23-13-15-26(16-14-23)33-27-17-19-30(20-18-27,24-9-5-3-6-10-24)25-11-7-4-8-12-25/h3-16,22,27-28H,17-21H2,1-2H3,(H,31,32). The van der Waals surface area contributed by atoms with Crippen molar-refractivity contribution in [3.05, 3.63) is 102 Å². The third-order valence-corrected chi connectivity index (χ3v) is 7.24.